The van der Waals surface area contributed by atoms with E-state index in [1.54, 1.807) is 11.8 Å². The van der Waals surface area contributed by atoms with Gasteiger partial charge in [-0.3, -0.25) is 5.32 Å². The first-order valence-electron chi connectivity index (χ1n) is 11.9. The summed E-state index contributed by atoms with van der Waals surface area (Å²) in [7, 11) is 0. The molecule has 0 radical (unpaired) electrons. The number of aliphatic imine (C=N–C) groups is 2. The van der Waals surface area contributed by atoms with Crippen molar-refractivity contribution in [3.8, 4) is 0 Å². The monoisotopic (exact) mass is 486 g/mol. The number of rotatable bonds is 2. The molecule has 174 valence electrons. The first kappa shape index (κ1) is 21.2. The Morgan fingerprint density at radius 3 is 2.25 bits per heavy atom. The molecule has 4 aromatic rings. The average molecular weight is 487 g/mol. The van der Waals surface area contributed by atoms with Crippen molar-refractivity contribution in [3.63, 3.8) is 0 Å². The smallest absolute Gasteiger partial charge is 0.164 e. The van der Waals surface area contributed by atoms with Gasteiger partial charge in [-0.25, -0.2) is 20.0 Å². The Bertz CT molecular complexity index is 1760. The van der Waals surface area contributed by atoms with Crippen LogP contribution in [0.3, 0.4) is 0 Å². The van der Waals surface area contributed by atoms with Gasteiger partial charge in [-0.15, -0.1) is 0 Å². The summed E-state index contributed by atoms with van der Waals surface area (Å²) in [6.07, 6.45) is 5.76. The first-order chi connectivity index (χ1) is 17.7. The fourth-order valence-electron chi connectivity index (χ4n) is 4.63. The molecule has 7 heteroatoms. The van der Waals surface area contributed by atoms with Gasteiger partial charge < -0.3 is 4.98 Å². The number of hydrogen-bond acceptors (Lipinski definition) is 6. The Hall–Kier alpha value is -4.07. The third-order valence-corrected chi connectivity index (χ3v) is 7.42. The van der Waals surface area contributed by atoms with Crippen LogP contribution in [0.5, 0.6) is 0 Å². The molecule has 6 bridgehead atoms. The lowest BCUT2D eigenvalue weighted by Gasteiger charge is -2.14. The Balaban J connectivity index is 1.44. The van der Waals surface area contributed by atoms with Crippen LogP contribution in [0.2, 0.25) is 0 Å². The fourth-order valence-corrected chi connectivity index (χ4v) is 5.52. The van der Waals surface area contributed by atoms with Crippen LogP contribution in [-0.4, -0.2) is 29.0 Å². The van der Waals surface area contributed by atoms with Crippen LogP contribution in [0, 0.1) is 6.92 Å². The third-order valence-electron chi connectivity index (χ3n) is 6.41. The van der Waals surface area contributed by atoms with Crippen LogP contribution < -0.4 is 16.3 Å². The van der Waals surface area contributed by atoms with Crippen LogP contribution in [0.4, 0.5) is 0 Å². The molecule has 6 nitrogen and oxygen atoms in total. The number of amidine groups is 2. The number of fused-ring (bicyclic) bond motifs is 11. The molecule has 0 fully saturated rings. The lowest BCUT2D eigenvalue weighted by molar-refractivity contribution is 0.550. The molecule has 0 spiro atoms. The standard InChI is InChI=1S/C29H22N6S/c1-17-10-12-18(13-11-17)36-19-14-15-24-30-25(16-19)32-27-21-7-3-5-9-23(21)29(34-27)35-28-22-8-4-2-6-20(22)26(31-24)33-28/h2-16,24-25,30H,1H3,(H,31,32,33,34,35). The molecule has 3 aromatic carbocycles. The molecular weight excluding hydrogens is 464 g/mol. The average Bonchev–Trinajstić information content (AvgIpc) is 3.34. The van der Waals surface area contributed by atoms with E-state index in [4.69, 9.17) is 20.0 Å². The Kier molecular flexibility index (Phi) is 5.04. The predicted octanol–water partition coefficient (Wildman–Crippen LogP) is 4.42. The number of aryl methyl sites for hydroxylation is 1. The summed E-state index contributed by atoms with van der Waals surface area (Å²) in [6.45, 7) is 2.10. The van der Waals surface area contributed by atoms with Crippen molar-refractivity contribution in [2.45, 2.75) is 24.2 Å². The fraction of sp³-hybridized carbons (Fsp3) is 0.103. The van der Waals surface area contributed by atoms with E-state index in [0.717, 1.165) is 37.8 Å². The molecule has 36 heavy (non-hydrogen) atoms. The van der Waals surface area contributed by atoms with Crippen molar-refractivity contribution in [2.24, 2.45) is 20.0 Å². The zero-order valence-corrected chi connectivity index (χ0v) is 20.3. The number of aromatic amines is 1. The van der Waals surface area contributed by atoms with Gasteiger partial charge >= 0.3 is 0 Å². The van der Waals surface area contributed by atoms with E-state index >= 15 is 0 Å². The van der Waals surface area contributed by atoms with Gasteiger partial charge in [0.15, 0.2) is 11.7 Å². The lowest BCUT2D eigenvalue weighted by Crippen LogP contribution is -2.35. The Morgan fingerprint density at radius 2 is 1.44 bits per heavy atom. The minimum Gasteiger partial charge on any atom is -0.324 e. The largest absolute Gasteiger partial charge is 0.324 e. The quantitative estimate of drug-likeness (QED) is 0.440. The maximum Gasteiger partial charge on any atom is 0.164 e. The molecule has 2 atom stereocenters. The van der Waals surface area contributed by atoms with E-state index < -0.39 is 0 Å². The van der Waals surface area contributed by atoms with Crippen molar-refractivity contribution >= 4 is 34.2 Å². The summed E-state index contributed by atoms with van der Waals surface area (Å²) in [5.74, 6) is 1.34. The summed E-state index contributed by atoms with van der Waals surface area (Å²) < 4.78 is 0. The minimum atomic E-state index is -0.295. The molecule has 7 rings (SSSR count). The van der Waals surface area contributed by atoms with Gasteiger partial charge in [0, 0.05) is 31.7 Å². The molecule has 2 unspecified atom stereocenters. The summed E-state index contributed by atoms with van der Waals surface area (Å²) in [5, 5.41) is 5.63. The van der Waals surface area contributed by atoms with Crippen LogP contribution in [0.25, 0.3) is 10.8 Å². The van der Waals surface area contributed by atoms with E-state index in [2.05, 4.69) is 77.9 Å². The number of nitrogens with one attached hydrogen (secondary N) is 2. The van der Waals surface area contributed by atoms with E-state index in [9.17, 15) is 0 Å². The number of benzene rings is 3. The van der Waals surface area contributed by atoms with E-state index in [0.29, 0.717) is 11.7 Å². The molecule has 0 saturated heterocycles. The number of allylic oxidation sites excluding steroid dienone is 1. The summed E-state index contributed by atoms with van der Waals surface area (Å²) >= 11 is 1.72. The maximum absolute atomic E-state index is 5.09. The van der Waals surface area contributed by atoms with Gasteiger partial charge in [0.25, 0.3) is 0 Å². The Morgan fingerprint density at radius 1 is 0.722 bits per heavy atom. The summed E-state index contributed by atoms with van der Waals surface area (Å²) in [6, 6.07) is 24.9. The molecule has 2 N–H and O–H groups in total. The van der Waals surface area contributed by atoms with Crippen molar-refractivity contribution < 1.29 is 0 Å². The van der Waals surface area contributed by atoms with Crippen LogP contribution in [0.15, 0.2) is 121 Å². The van der Waals surface area contributed by atoms with Crippen LogP contribution in [-0.2, 0) is 0 Å². The molecular formula is C29H22N6S. The second-order valence-electron chi connectivity index (χ2n) is 8.94. The van der Waals surface area contributed by atoms with Gasteiger partial charge in [-0.2, -0.15) is 0 Å². The van der Waals surface area contributed by atoms with Crippen molar-refractivity contribution in [1.82, 2.24) is 10.3 Å². The second kappa shape index (κ2) is 8.55. The normalized spacial score (nSPS) is 22.5. The molecule has 3 aliphatic heterocycles. The number of H-pyrrole nitrogens is 1. The van der Waals surface area contributed by atoms with Gasteiger partial charge in [0.05, 0.1) is 0 Å². The molecule has 0 amide bonds. The number of aromatic nitrogens is 1. The highest BCUT2D eigenvalue weighted by molar-refractivity contribution is 8.03. The van der Waals surface area contributed by atoms with E-state index in [1.165, 1.54) is 10.5 Å². The lowest BCUT2D eigenvalue weighted by atomic mass is 10.1. The Labute approximate surface area is 212 Å². The highest BCUT2D eigenvalue weighted by Gasteiger charge is 2.24. The predicted molar refractivity (Wildman–Crippen MR) is 145 cm³/mol. The highest BCUT2D eigenvalue weighted by atomic mass is 32.2. The third kappa shape index (κ3) is 3.82. The molecule has 4 heterocycles. The maximum atomic E-state index is 5.09. The summed E-state index contributed by atoms with van der Waals surface area (Å²) in [5.41, 5.74) is 4.76. The first-order valence-corrected chi connectivity index (χ1v) is 12.7. The number of thioether (sulfide) groups is 1. The SMILES string of the molecule is Cc1ccc(SC2=CC3/N=c4\[nH]c(c5ccccc45)=NC4=N/C(=N\C(C=C2)N3)c2ccccc24)cc1. The van der Waals surface area contributed by atoms with Gasteiger partial charge in [0.1, 0.15) is 23.3 Å². The van der Waals surface area contributed by atoms with Crippen LogP contribution >= 0.6 is 11.8 Å². The van der Waals surface area contributed by atoms with Crippen molar-refractivity contribution in [2.75, 3.05) is 0 Å². The van der Waals surface area contributed by atoms with Crippen LogP contribution in [0.1, 0.15) is 16.7 Å². The topological polar surface area (TPSA) is 77.3 Å². The van der Waals surface area contributed by atoms with E-state index in [-0.39, 0.29) is 12.3 Å². The zero-order valence-electron chi connectivity index (χ0n) is 19.5. The highest BCUT2D eigenvalue weighted by Crippen LogP contribution is 2.30. The number of nitrogens with zero attached hydrogens (tertiary/aromatic N) is 4. The second-order valence-corrected chi connectivity index (χ2v) is 10.1. The number of hydrogen-bond donors (Lipinski definition) is 2. The molecule has 1 aromatic heterocycles. The van der Waals surface area contributed by atoms with Gasteiger partial charge in [-0.05, 0) is 37.3 Å². The zero-order chi connectivity index (χ0) is 24.1. The molecule has 3 aliphatic rings. The van der Waals surface area contributed by atoms with Crippen molar-refractivity contribution in [1.29, 1.82) is 0 Å². The van der Waals surface area contributed by atoms with Gasteiger partial charge in [-0.1, -0.05) is 78.0 Å². The molecule has 0 aliphatic carbocycles. The van der Waals surface area contributed by atoms with E-state index in [1.807, 2.05) is 30.3 Å². The minimum absolute atomic E-state index is 0.294. The molecule has 0 saturated carbocycles. The van der Waals surface area contributed by atoms with Crippen molar-refractivity contribution in [3.05, 3.63) is 124 Å². The van der Waals surface area contributed by atoms with Gasteiger partial charge in [0.2, 0.25) is 0 Å². The summed E-state index contributed by atoms with van der Waals surface area (Å²) in [4.78, 5) is 25.6.